The maximum Gasteiger partial charge on any atom is 0.217 e. The van der Waals surface area contributed by atoms with Crippen LogP contribution in [0.4, 0.5) is 0 Å². The molecule has 130 valence electrons. The summed E-state index contributed by atoms with van der Waals surface area (Å²) in [5.74, 6) is 1.67. The lowest BCUT2D eigenvalue weighted by Crippen LogP contribution is -2.17. The van der Waals surface area contributed by atoms with Gasteiger partial charge in [-0.2, -0.15) is 0 Å². The fourth-order valence-corrected chi connectivity index (χ4v) is 2.92. The van der Waals surface area contributed by atoms with Gasteiger partial charge in [0, 0.05) is 16.7 Å². The molecule has 2 aromatic carbocycles. The van der Waals surface area contributed by atoms with Crippen LogP contribution in [0, 0.1) is 0 Å². The number of methoxy groups -OCH3 is 2. The summed E-state index contributed by atoms with van der Waals surface area (Å²) in [6.07, 6.45) is 0.833. The van der Waals surface area contributed by atoms with Gasteiger partial charge in [0.15, 0.2) is 17.8 Å². The third-order valence-corrected chi connectivity index (χ3v) is 4.10. The molecule has 0 fully saturated rings. The molecule has 0 saturated carbocycles. The number of carbonyl (C=O) groups excluding carboxylic acids is 1. The lowest BCUT2D eigenvalue weighted by molar-refractivity contribution is 0.112. The molecule has 0 amide bonds. The SMILES string of the molecule is COc1ccc(C2=NC(C)(C)CO2)c(-c2ccccc2C=O)c1OC. The van der Waals surface area contributed by atoms with E-state index in [1.165, 1.54) is 0 Å². The summed E-state index contributed by atoms with van der Waals surface area (Å²) in [7, 11) is 3.16. The smallest absolute Gasteiger partial charge is 0.217 e. The number of rotatable bonds is 5. The molecule has 0 bridgehead atoms. The number of carbonyl (C=O) groups is 1. The fraction of sp³-hybridized carbons (Fsp3) is 0.300. The van der Waals surface area contributed by atoms with Gasteiger partial charge in [-0.15, -0.1) is 0 Å². The number of benzene rings is 2. The Kier molecular flexibility index (Phi) is 4.49. The predicted molar refractivity (Wildman–Crippen MR) is 96.9 cm³/mol. The zero-order valence-corrected chi connectivity index (χ0v) is 14.8. The van der Waals surface area contributed by atoms with Crippen LogP contribution in [-0.4, -0.2) is 38.5 Å². The van der Waals surface area contributed by atoms with Crippen LogP contribution < -0.4 is 9.47 Å². The summed E-state index contributed by atoms with van der Waals surface area (Å²) in [5, 5.41) is 0. The van der Waals surface area contributed by atoms with Crippen molar-refractivity contribution in [3.8, 4) is 22.6 Å². The maximum atomic E-state index is 11.6. The van der Waals surface area contributed by atoms with E-state index in [0.717, 1.165) is 23.0 Å². The van der Waals surface area contributed by atoms with Crippen LogP contribution in [-0.2, 0) is 4.74 Å². The van der Waals surface area contributed by atoms with Crippen molar-refractivity contribution in [3.63, 3.8) is 0 Å². The molecule has 1 aliphatic rings. The number of aliphatic imine (C=N–C) groups is 1. The second kappa shape index (κ2) is 6.59. The van der Waals surface area contributed by atoms with Crippen molar-refractivity contribution >= 4 is 12.2 Å². The minimum absolute atomic E-state index is 0.288. The van der Waals surface area contributed by atoms with E-state index in [1.807, 2.05) is 44.2 Å². The predicted octanol–water partition coefficient (Wildman–Crippen LogP) is 3.74. The Morgan fingerprint density at radius 1 is 1.08 bits per heavy atom. The maximum absolute atomic E-state index is 11.6. The minimum Gasteiger partial charge on any atom is -0.493 e. The van der Waals surface area contributed by atoms with E-state index < -0.39 is 0 Å². The van der Waals surface area contributed by atoms with E-state index in [4.69, 9.17) is 14.2 Å². The summed E-state index contributed by atoms with van der Waals surface area (Å²) in [6.45, 7) is 4.53. The fourth-order valence-electron chi connectivity index (χ4n) is 2.92. The molecule has 1 aliphatic heterocycles. The van der Waals surface area contributed by atoms with E-state index in [0.29, 0.717) is 29.6 Å². The van der Waals surface area contributed by atoms with Gasteiger partial charge in [-0.05, 0) is 31.5 Å². The summed E-state index contributed by atoms with van der Waals surface area (Å²) < 4.78 is 16.9. The number of nitrogens with zero attached hydrogens (tertiary/aromatic N) is 1. The van der Waals surface area contributed by atoms with Crippen molar-refractivity contribution in [1.29, 1.82) is 0 Å². The molecule has 0 radical (unpaired) electrons. The average Bonchev–Trinajstić information content (AvgIpc) is 2.99. The molecule has 0 saturated heterocycles. The summed E-state index contributed by atoms with van der Waals surface area (Å²) in [5.41, 5.74) is 2.54. The minimum atomic E-state index is -0.288. The van der Waals surface area contributed by atoms with Gasteiger partial charge in [0.2, 0.25) is 5.90 Å². The standard InChI is InChI=1S/C20H21NO4/c1-20(2)12-25-19(21-20)15-9-10-16(23-3)18(24-4)17(15)14-8-6-5-7-13(14)11-22/h5-11H,12H2,1-4H3. The van der Waals surface area contributed by atoms with Crippen LogP contribution in [0.15, 0.2) is 41.4 Å². The highest BCUT2D eigenvalue weighted by atomic mass is 16.5. The quantitative estimate of drug-likeness (QED) is 0.779. The molecule has 1 heterocycles. The van der Waals surface area contributed by atoms with Crippen LogP contribution in [0.5, 0.6) is 11.5 Å². The van der Waals surface area contributed by atoms with E-state index in [1.54, 1.807) is 20.3 Å². The van der Waals surface area contributed by atoms with E-state index >= 15 is 0 Å². The summed E-state index contributed by atoms with van der Waals surface area (Å²) in [6, 6.07) is 11.1. The highest BCUT2D eigenvalue weighted by molar-refractivity contribution is 6.06. The first-order valence-corrected chi connectivity index (χ1v) is 8.03. The number of ether oxygens (including phenoxy) is 3. The molecule has 5 heteroatoms. The van der Waals surface area contributed by atoms with E-state index in [-0.39, 0.29) is 5.54 Å². The topological polar surface area (TPSA) is 57.1 Å². The van der Waals surface area contributed by atoms with Crippen LogP contribution in [0.3, 0.4) is 0 Å². The largest absolute Gasteiger partial charge is 0.493 e. The lowest BCUT2D eigenvalue weighted by Gasteiger charge is -2.18. The van der Waals surface area contributed by atoms with Gasteiger partial charge in [0.05, 0.1) is 19.8 Å². The first-order valence-electron chi connectivity index (χ1n) is 8.03. The first kappa shape index (κ1) is 17.0. The molecule has 0 spiro atoms. The second-order valence-corrected chi connectivity index (χ2v) is 6.45. The van der Waals surface area contributed by atoms with Crippen molar-refractivity contribution < 1.29 is 19.0 Å². The monoisotopic (exact) mass is 339 g/mol. The van der Waals surface area contributed by atoms with Gasteiger partial charge in [0.1, 0.15) is 6.61 Å². The zero-order chi connectivity index (χ0) is 18.0. The molecule has 25 heavy (non-hydrogen) atoms. The third-order valence-electron chi connectivity index (χ3n) is 4.10. The molecule has 3 rings (SSSR count). The van der Waals surface area contributed by atoms with Crippen LogP contribution >= 0.6 is 0 Å². The zero-order valence-electron chi connectivity index (χ0n) is 14.8. The van der Waals surface area contributed by atoms with Gasteiger partial charge in [-0.25, -0.2) is 4.99 Å². The molecular formula is C20H21NO4. The molecule has 0 aliphatic carbocycles. The molecule has 2 aromatic rings. The number of hydrogen-bond acceptors (Lipinski definition) is 5. The molecule has 0 unspecified atom stereocenters. The third kappa shape index (κ3) is 3.09. The van der Waals surface area contributed by atoms with E-state index in [9.17, 15) is 4.79 Å². The van der Waals surface area contributed by atoms with Gasteiger partial charge in [0.25, 0.3) is 0 Å². The Balaban J connectivity index is 2.32. The average molecular weight is 339 g/mol. The van der Waals surface area contributed by atoms with Gasteiger partial charge in [-0.1, -0.05) is 24.3 Å². The Morgan fingerprint density at radius 3 is 2.44 bits per heavy atom. The normalized spacial score (nSPS) is 15.3. The van der Waals surface area contributed by atoms with Crippen molar-refractivity contribution in [3.05, 3.63) is 47.5 Å². The van der Waals surface area contributed by atoms with Crippen molar-refractivity contribution in [1.82, 2.24) is 0 Å². The van der Waals surface area contributed by atoms with Gasteiger partial charge < -0.3 is 14.2 Å². The Hall–Kier alpha value is -2.82. The van der Waals surface area contributed by atoms with E-state index in [2.05, 4.69) is 4.99 Å². The summed E-state index contributed by atoms with van der Waals surface area (Å²) in [4.78, 5) is 16.2. The number of aldehydes is 1. The lowest BCUT2D eigenvalue weighted by atomic mass is 9.94. The van der Waals surface area contributed by atoms with Crippen LogP contribution in [0.2, 0.25) is 0 Å². The molecule has 0 aromatic heterocycles. The van der Waals surface area contributed by atoms with Crippen LogP contribution in [0.25, 0.3) is 11.1 Å². The highest BCUT2D eigenvalue weighted by Gasteiger charge is 2.30. The van der Waals surface area contributed by atoms with Crippen molar-refractivity contribution in [2.75, 3.05) is 20.8 Å². The van der Waals surface area contributed by atoms with Crippen LogP contribution in [0.1, 0.15) is 29.8 Å². The number of hydrogen-bond donors (Lipinski definition) is 0. The van der Waals surface area contributed by atoms with Gasteiger partial charge in [-0.3, -0.25) is 4.79 Å². The molecular weight excluding hydrogens is 318 g/mol. The Labute approximate surface area is 147 Å². The molecule has 0 N–H and O–H groups in total. The van der Waals surface area contributed by atoms with Crippen molar-refractivity contribution in [2.45, 2.75) is 19.4 Å². The Bertz CT molecular complexity index is 840. The molecule has 5 nitrogen and oxygen atoms in total. The molecule has 0 atom stereocenters. The first-order chi connectivity index (χ1) is 12.0. The van der Waals surface area contributed by atoms with Gasteiger partial charge >= 0.3 is 0 Å². The summed E-state index contributed by atoms with van der Waals surface area (Å²) >= 11 is 0. The second-order valence-electron chi connectivity index (χ2n) is 6.45. The Morgan fingerprint density at radius 2 is 1.84 bits per heavy atom. The van der Waals surface area contributed by atoms with Crippen molar-refractivity contribution in [2.24, 2.45) is 4.99 Å². The highest BCUT2D eigenvalue weighted by Crippen LogP contribution is 2.42.